The van der Waals surface area contributed by atoms with E-state index in [4.69, 9.17) is 5.73 Å². The van der Waals surface area contributed by atoms with Gasteiger partial charge in [-0.2, -0.15) is 0 Å². The number of rotatable bonds is 4. The topological polar surface area (TPSA) is 83.2 Å². The van der Waals surface area contributed by atoms with Crippen molar-refractivity contribution in [2.75, 3.05) is 5.73 Å². The van der Waals surface area contributed by atoms with Crippen LogP contribution in [0.3, 0.4) is 0 Å². The molecule has 0 heterocycles. The standard InChI is InChI=1S/C15H12BrNO3.Na/c16-11-5-1-4-10(7-11)15(20)12-6-2-3-9(14(12)17)8-13(18)19;/h1-7H,8,17H2,(H,18,19);/q;+1/p-1. The summed E-state index contributed by atoms with van der Waals surface area (Å²) in [6.45, 7) is 0. The van der Waals surface area contributed by atoms with E-state index in [-0.39, 0.29) is 47.4 Å². The van der Waals surface area contributed by atoms with Crippen LogP contribution < -0.4 is 40.4 Å². The van der Waals surface area contributed by atoms with E-state index >= 15 is 0 Å². The van der Waals surface area contributed by atoms with Crippen LogP contribution in [0.2, 0.25) is 0 Å². The van der Waals surface area contributed by atoms with E-state index in [1.54, 1.807) is 36.4 Å². The number of benzene rings is 2. The van der Waals surface area contributed by atoms with Gasteiger partial charge in [-0.15, -0.1) is 0 Å². The zero-order chi connectivity index (χ0) is 14.7. The van der Waals surface area contributed by atoms with E-state index in [2.05, 4.69) is 15.9 Å². The van der Waals surface area contributed by atoms with Crippen LogP contribution in [0.25, 0.3) is 0 Å². The molecule has 2 rings (SSSR count). The Morgan fingerprint density at radius 1 is 1.14 bits per heavy atom. The second-order valence-corrected chi connectivity index (χ2v) is 5.18. The average molecular weight is 356 g/mol. The molecular formula is C15H11BrNNaO3. The van der Waals surface area contributed by atoms with Gasteiger partial charge in [0.05, 0.1) is 0 Å². The number of anilines is 1. The Hall–Kier alpha value is -1.14. The van der Waals surface area contributed by atoms with Crippen LogP contribution in [0.5, 0.6) is 0 Å². The van der Waals surface area contributed by atoms with E-state index in [9.17, 15) is 14.7 Å². The second-order valence-electron chi connectivity index (χ2n) is 4.27. The van der Waals surface area contributed by atoms with Crippen molar-refractivity contribution in [2.45, 2.75) is 6.42 Å². The summed E-state index contributed by atoms with van der Waals surface area (Å²) < 4.78 is 0.785. The molecule has 4 nitrogen and oxygen atoms in total. The first-order chi connectivity index (χ1) is 9.49. The van der Waals surface area contributed by atoms with Crippen molar-refractivity contribution in [2.24, 2.45) is 0 Å². The number of hydrogen-bond acceptors (Lipinski definition) is 4. The number of carbonyl (C=O) groups excluding carboxylic acids is 2. The maximum absolute atomic E-state index is 12.4. The van der Waals surface area contributed by atoms with Gasteiger partial charge in [-0.25, -0.2) is 0 Å². The summed E-state index contributed by atoms with van der Waals surface area (Å²) in [6.07, 6.45) is -0.314. The summed E-state index contributed by atoms with van der Waals surface area (Å²) in [6, 6.07) is 11.7. The number of halogens is 1. The van der Waals surface area contributed by atoms with Crippen molar-refractivity contribution in [1.82, 2.24) is 0 Å². The van der Waals surface area contributed by atoms with E-state index in [0.717, 1.165) is 4.47 Å². The Bertz CT molecular complexity index is 688. The number of nitrogens with two attached hydrogens (primary N) is 1. The third-order valence-corrected chi connectivity index (χ3v) is 3.36. The molecule has 0 unspecified atom stereocenters. The molecule has 2 aromatic rings. The summed E-state index contributed by atoms with van der Waals surface area (Å²) in [5, 5.41) is 10.7. The van der Waals surface area contributed by atoms with Crippen molar-refractivity contribution in [3.63, 3.8) is 0 Å². The number of carboxylic acid groups (broad SMARTS) is 1. The Labute approximate surface area is 152 Å². The van der Waals surface area contributed by atoms with Crippen molar-refractivity contribution < 1.29 is 44.3 Å². The molecule has 6 heteroatoms. The number of carbonyl (C=O) groups is 2. The Balaban J connectivity index is 0.00000220. The maximum Gasteiger partial charge on any atom is 1.00 e. The zero-order valence-electron chi connectivity index (χ0n) is 11.4. The SMILES string of the molecule is Nc1c(CC(=O)[O-])cccc1C(=O)c1cccc(Br)c1.[Na+]. The van der Waals surface area contributed by atoms with Crippen LogP contribution in [-0.2, 0) is 11.2 Å². The number of para-hydroxylation sites is 1. The van der Waals surface area contributed by atoms with Crippen molar-refractivity contribution in [1.29, 1.82) is 0 Å². The van der Waals surface area contributed by atoms with Crippen molar-refractivity contribution in [3.8, 4) is 0 Å². The molecule has 0 aromatic heterocycles. The number of hydrogen-bond donors (Lipinski definition) is 1. The first kappa shape index (κ1) is 17.9. The van der Waals surface area contributed by atoms with E-state index < -0.39 is 5.97 Å². The van der Waals surface area contributed by atoms with Gasteiger partial charge in [-0.05, 0) is 23.8 Å². The maximum atomic E-state index is 12.4. The number of ketones is 1. The summed E-state index contributed by atoms with van der Waals surface area (Å²) in [4.78, 5) is 23.1. The molecule has 0 aliphatic heterocycles. The largest absolute Gasteiger partial charge is 1.00 e. The Kier molecular flexibility index (Phi) is 6.61. The summed E-state index contributed by atoms with van der Waals surface area (Å²) in [5.41, 5.74) is 7.22. The van der Waals surface area contributed by atoms with Crippen LogP contribution in [0.1, 0.15) is 21.5 Å². The molecule has 0 aliphatic rings. The third kappa shape index (κ3) is 4.41. The molecule has 0 fully saturated rings. The van der Waals surface area contributed by atoms with Gasteiger partial charge in [-0.1, -0.05) is 40.2 Å². The van der Waals surface area contributed by atoms with Crippen LogP contribution >= 0.6 is 15.9 Å². The molecule has 0 saturated heterocycles. The molecule has 0 atom stereocenters. The Morgan fingerprint density at radius 2 is 1.81 bits per heavy atom. The predicted octanol–water partition coefficient (Wildman–Crippen LogP) is -1.44. The van der Waals surface area contributed by atoms with Crippen LogP contribution in [0, 0.1) is 0 Å². The number of aliphatic carboxylic acids is 1. The molecule has 0 spiro atoms. The molecule has 102 valence electrons. The third-order valence-electron chi connectivity index (χ3n) is 2.86. The first-order valence-corrected chi connectivity index (χ1v) is 6.66. The molecule has 2 aromatic carbocycles. The minimum atomic E-state index is -1.23. The van der Waals surface area contributed by atoms with Gasteiger partial charge < -0.3 is 15.6 Å². The summed E-state index contributed by atoms with van der Waals surface area (Å²) in [7, 11) is 0. The van der Waals surface area contributed by atoms with Gasteiger partial charge in [0.2, 0.25) is 0 Å². The van der Waals surface area contributed by atoms with Gasteiger partial charge in [0.15, 0.2) is 5.78 Å². The van der Waals surface area contributed by atoms with Crippen LogP contribution in [-0.4, -0.2) is 11.8 Å². The van der Waals surface area contributed by atoms with Gasteiger partial charge in [-0.3, -0.25) is 4.79 Å². The molecule has 0 bridgehead atoms. The van der Waals surface area contributed by atoms with Crippen molar-refractivity contribution >= 4 is 33.4 Å². The molecule has 0 radical (unpaired) electrons. The van der Waals surface area contributed by atoms with Crippen molar-refractivity contribution in [3.05, 3.63) is 63.6 Å². The normalized spacial score (nSPS) is 9.76. The second kappa shape index (κ2) is 7.75. The minimum absolute atomic E-state index is 0. The predicted molar refractivity (Wildman–Crippen MR) is 77.1 cm³/mol. The zero-order valence-corrected chi connectivity index (χ0v) is 15.0. The van der Waals surface area contributed by atoms with E-state index in [1.807, 2.05) is 6.07 Å². The van der Waals surface area contributed by atoms with Gasteiger partial charge in [0.1, 0.15) is 0 Å². The van der Waals surface area contributed by atoms with Crippen LogP contribution in [0.15, 0.2) is 46.9 Å². The Morgan fingerprint density at radius 3 is 2.43 bits per heavy atom. The quantitative estimate of drug-likeness (QED) is 0.413. The molecule has 0 aliphatic carbocycles. The molecule has 0 saturated carbocycles. The first-order valence-electron chi connectivity index (χ1n) is 5.86. The number of nitrogen functional groups attached to an aromatic ring is 1. The fourth-order valence-corrected chi connectivity index (χ4v) is 2.31. The van der Waals surface area contributed by atoms with Gasteiger partial charge >= 0.3 is 29.6 Å². The molecular weight excluding hydrogens is 345 g/mol. The monoisotopic (exact) mass is 355 g/mol. The average Bonchev–Trinajstić information content (AvgIpc) is 2.40. The smallest absolute Gasteiger partial charge is 0.550 e. The molecule has 21 heavy (non-hydrogen) atoms. The van der Waals surface area contributed by atoms with Crippen LogP contribution in [0.4, 0.5) is 5.69 Å². The molecule has 2 N–H and O–H groups in total. The van der Waals surface area contributed by atoms with E-state index in [1.165, 1.54) is 0 Å². The van der Waals surface area contributed by atoms with E-state index in [0.29, 0.717) is 16.7 Å². The minimum Gasteiger partial charge on any atom is -0.550 e. The fourth-order valence-electron chi connectivity index (χ4n) is 1.91. The summed E-state index contributed by atoms with van der Waals surface area (Å²) >= 11 is 3.30. The molecule has 0 amide bonds. The fraction of sp³-hybridized carbons (Fsp3) is 0.0667. The van der Waals surface area contributed by atoms with Gasteiger partial charge in [0.25, 0.3) is 0 Å². The van der Waals surface area contributed by atoms with Gasteiger partial charge in [0, 0.05) is 33.7 Å². The number of carboxylic acids is 1. The summed E-state index contributed by atoms with van der Waals surface area (Å²) in [5.74, 6) is -1.48.